The van der Waals surface area contributed by atoms with E-state index in [0.29, 0.717) is 41.8 Å². The topological polar surface area (TPSA) is 116 Å². The minimum absolute atomic E-state index is 0.255. The molecule has 2 N–H and O–H groups in total. The van der Waals surface area contributed by atoms with E-state index in [9.17, 15) is 14.7 Å². The van der Waals surface area contributed by atoms with Crippen LogP contribution in [0.3, 0.4) is 0 Å². The number of aromatic nitrogens is 4. The maximum atomic E-state index is 13.4. The number of rotatable bonds is 6. The number of nitrogens with zero attached hydrogens (tertiary/aromatic N) is 6. The third-order valence-corrected chi connectivity index (χ3v) is 7.93. The van der Waals surface area contributed by atoms with E-state index in [1.807, 2.05) is 60.8 Å². The van der Waals surface area contributed by atoms with Crippen molar-refractivity contribution in [1.82, 2.24) is 24.6 Å². The highest BCUT2D eigenvalue weighted by atomic mass is 35.5. The van der Waals surface area contributed by atoms with Crippen molar-refractivity contribution in [3.63, 3.8) is 0 Å². The first-order chi connectivity index (χ1) is 19.5. The van der Waals surface area contributed by atoms with E-state index < -0.39 is 12.1 Å². The summed E-state index contributed by atoms with van der Waals surface area (Å²) in [6.45, 7) is 2.05. The number of pyridine rings is 1. The molecule has 202 valence electrons. The van der Waals surface area contributed by atoms with E-state index in [-0.39, 0.29) is 5.91 Å². The molecule has 1 fully saturated rings. The predicted molar refractivity (Wildman–Crippen MR) is 155 cm³/mol. The molecule has 0 bridgehead atoms. The molecule has 40 heavy (non-hydrogen) atoms. The standard InChI is InChI=1S/C28H24ClN7O3S/c29-23-21(19-7-9-22(31-16-19)34-11-13-35(14-12-34)28(38)39)8-6-20-17-36(33-24(20)23)25(18-4-2-1-3-5-18)26(37)32-27-30-10-15-40-27/h1-10,15-17,25H,11-14H2,(H,38,39)(H,30,32,37). The van der Waals surface area contributed by atoms with Crippen LogP contribution in [-0.4, -0.2) is 67.9 Å². The van der Waals surface area contributed by atoms with Gasteiger partial charge < -0.3 is 14.9 Å². The summed E-state index contributed by atoms with van der Waals surface area (Å²) in [4.78, 5) is 36.8. The van der Waals surface area contributed by atoms with Crippen molar-refractivity contribution in [1.29, 1.82) is 0 Å². The fraction of sp³-hybridized carbons (Fsp3) is 0.179. The number of carbonyl (C=O) groups excluding carboxylic acids is 1. The number of anilines is 2. The summed E-state index contributed by atoms with van der Waals surface area (Å²) in [7, 11) is 0. The average Bonchev–Trinajstić information content (AvgIpc) is 3.65. The zero-order valence-electron chi connectivity index (χ0n) is 21.1. The number of hydrogen-bond donors (Lipinski definition) is 2. The van der Waals surface area contributed by atoms with Crippen LogP contribution in [0.5, 0.6) is 0 Å². The monoisotopic (exact) mass is 573 g/mol. The number of thiazole rings is 1. The van der Waals surface area contributed by atoms with Gasteiger partial charge >= 0.3 is 6.09 Å². The fourth-order valence-corrected chi connectivity index (χ4v) is 5.66. The SMILES string of the molecule is O=C(Nc1nccs1)C(c1ccccc1)n1cc2ccc(-c3ccc(N4CCN(C(=O)O)CC4)nc3)c(Cl)c2n1. The Bertz CT molecular complexity index is 1650. The van der Waals surface area contributed by atoms with Crippen LogP contribution >= 0.6 is 22.9 Å². The molecule has 5 aromatic rings. The van der Waals surface area contributed by atoms with Crippen LogP contribution in [0.4, 0.5) is 15.7 Å². The van der Waals surface area contributed by atoms with Gasteiger partial charge in [0.15, 0.2) is 11.2 Å². The molecule has 2 amide bonds. The van der Waals surface area contributed by atoms with Gasteiger partial charge in [0, 0.05) is 66.7 Å². The minimum Gasteiger partial charge on any atom is -0.465 e. The Balaban J connectivity index is 1.29. The first-order valence-electron chi connectivity index (χ1n) is 12.6. The number of amides is 2. The lowest BCUT2D eigenvalue weighted by Gasteiger charge is -2.33. The molecule has 1 aliphatic heterocycles. The van der Waals surface area contributed by atoms with Crippen LogP contribution in [0, 0.1) is 0 Å². The highest BCUT2D eigenvalue weighted by Gasteiger charge is 2.26. The molecule has 6 rings (SSSR count). The van der Waals surface area contributed by atoms with E-state index in [4.69, 9.17) is 16.7 Å². The van der Waals surface area contributed by atoms with Crippen LogP contribution in [-0.2, 0) is 4.79 Å². The zero-order valence-corrected chi connectivity index (χ0v) is 22.7. The average molecular weight is 574 g/mol. The molecule has 10 nitrogen and oxygen atoms in total. The van der Waals surface area contributed by atoms with Gasteiger partial charge in [-0.2, -0.15) is 5.10 Å². The van der Waals surface area contributed by atoms with E-state index in [2.05, 4.69) is 20.2 Å². The Morgan fingerprint density at radius 2 is 1.80 bits per heavy atom. The van der Waals surface area contributed by atoms with Gasteiger partial charge in [-0.3, -0.25) is 14.8 Å². The molecule has 1 aliphatic rings. The summed E-state index contributed by atoms with van der Waals surface area (Å²) in [6.07, 6.45) is 4.33. The molecule has 1 unspecified atom stereocenters. The van der Waals surface area contributed by atoms with Gasteiger partial charge in [0.1, 0.15) is 11.3 Å². The molecule has 3 aromatic heterocycles. The summed E-state index contributed by atoms with van der Waals surface area (Å²) in [5, 5.41) is 20.4. The molecular formula is C28H24ClN7O3S. The van der Waals surface area contributed by atoms with E-state index in [0.717, 1.165) is 27.9 Å². The van der Waals surface area contributed by atoms with E-state index >= 15 is 0 Å². The summed E-state index contributed by atoms with van der Waals surface area (Å²) < 4.78 is 1.64. The fourth-order valence-electron chi connectivity index (χ4n) is 4.81. The summed E-state index contributed by atoms with van der Waals surface area (Å²) in [6, 6.07) is 16.4. The van der Waals surface area contributed by atoms with Crippen molar-refractivity contribution in [2.45, 2.75) is 6.04 Å². The largest absolute Gasteiger partial charge is 0.465 e. The van der Waals surface area contributed by atoms with E-state index in [1.165, 1.54) is 16.2 Å². The molecule has 1 atom stereocenters. The third-order valence-electron chi connectivity index (χ3n) is 6.86. The second kappa shape index (κ2) is 10.9. The number of fused-ring (bicyclic) bond motifs is 1. The quantitative estimate of drug-likeness (QED) is 0.285. The summed E-state index contributed by atoms with van der Waals surface area (Å²) in [5.74, 6) is 0.529. The lowest BCUT2D eigenvalue weighted by Crippen LogP contribution is -2.48. The van der Waals surface area contributed by atoms with Gasteiger partial charge in [0.25, 0.3) is 5.91 Å². The van der Waals surface area contributed by atoms with Gasteiger partial charge in [-0.25, -0.2) is 14.8 Å². The molecule has 0 spiro atoms. The van der Waals surface area contributed by atoms with Crippen molar-refractivity contribution in [3.8, 4) is 11.1 Å². The number of nitrogens with one attached hydrogen (secondary N) is 1. The molecular weight excluding hydrogens is 550 g/mol. The number of carboxylic acid groups (broad SMARTS) is 1. The number of halogens is 1. The number of piperazine rings is 1. The number of carbonyl (C=O) groups is 2. The number of benzene rings is 2. The minimum atomic E-state index is -0.898. The Hall–Kier alpha value is -4.48. The smallest absolute Gasteiger partial charge is 0.407 e. The predicted octanol–water partition coefficient (Wildman–Crippen LogP) is 5.24. The zero-order chi connectivity index (χ0) is 27.6. The van der Waals surface area contributed by atoms with Crippen LogP contribution in [0.25, 0.3) is 22.0 Å². The highest BCUT2D eigenvalue weighted by molar-refractivity contribution is 7.13. The lowest BCUT2D eigenvalue weighted by atomic mass is 10.1. The van der Waals surface area contributed by atoms with Crippen LogP contribution in [0.2, 0.25) is 5.02 Å². The molecule has 0 aliphatic carbocycles. The third kappa shape index (κ3) is 5.08. The van der Waals surface area contributed by atoms with Gasteiger partial charge in [-0.15, -0.1) is 11.3 Å². The molecule has 12 heteroatoms. The van der Waals surface area contributed by atoms with Crippen molar-refractivity contribution in [3.05, 3.63) is 89.2 Å². The molecule has 0 radical (unpaired) electrons. The maximum Gasteiger partial charge on any atom is 0.407 e. The van der Waals surface area contributed by atoms with Crippen LogP contribution < -0.4 is 10.2 Å². The molecule has 1 saturated heterocycles. The first-order valence-corrected chi connectivity index (χ1v) is 13.9. The first kappa shape index (κ1) is 25.8. The van der Waals surface area contributed by atoms with Crippen molar-refractivity contribution >= 4 is 56.8 Å². The summed E-state index contributed by atoms with van der Waals surface area (Å²) >= 11 is 8.23. The van der Waals surface area contributed by atoms with Gasteiger partial charge in [0.05, 0.1) is 5.02 Å². The summed E-state index contributed by atoms with van der Waals surface area (Å²) in [5.41, 5.74) is 2.97. The highest BCUT2D eigenvalue weighted by Crippen LogP contribution is 2.35. The number of hydrogen-bond acceptors (Lipinski definition) is 7. The lowest BCUT2D eigenvalue weighted by molar-refractivity contribution is -0.118. The van der Waals surface area contributed by atoms with Crippen molar-refractivity contribution in [2.75, 3.05) is 36.4 Å². The van der Waals surface area contributed by atoms with Gasteiger partial charge in [-0.05, 0) is 17.7 Å². The van der Waals surface area contributed by atoms with E-state index in [1.54, 1.807) is 22.5 Å². The second-order valence-corrected chi connectivity index (χ2v) is 10.5. The van der Waals surface area contributed by atoms with Gasteiger partial charge in [0.2, 0.25) is 0 Å². The van der Waals surface area contributed by atoms with Crippen molar-refractivity contribution < 1.29 is 14.7 Å². The van der Waals surface area contributed by atoms with Crippen LogP contribution in [0.1, 0.15) is 11.6 Å². The second-order valence-electron chi connectivity index (χ2n) is 9.28. The van der Waals surface area contributed by atoms with Gasteiger partial charge in [-0.1, -0.05) is 54.1 Å². The molecule has 0 saturated carbocycles. The Labute approximate surface area is 238 Å². The Kier molecular flexibility index (Phi) is 7.06. The normalized spacial score (nSPS) is 14.3. The maximum absolute atomic E-state index is 13.4. The molecule has 2 aromatic carbocycles. The van der Waals surface area contributed by atoms with Crippen molar-refractivity contribution in [2.24, 2.45) is 0 Å². The Morgan fingerprint density at radius 3 is 2.48 bits per heavy atom. The molecule has 4 heterocycles. The van der Waals surface area contributed by atoms with Crippen LogP contribution in [0.15, 0.2) is 78.6 Å². The Morgan fingerprint density at radius 1 is 1.00 bits per heavy atom.